The molecule has 9 heteroatoms. The Hall–Kier alpha value is -4.04. The number of hydrogen-bond donors (Lipinski definition) is 0. The summed E-state index contributed by atoms with van der Waals surface area (Å²) in [5.41, 5.74) is 1.74. The van der Waals surface area contributed by atoms with Crippen molar-refractivity contribution in [3.8, 4) is 17.2 Å². The topological polar surface area (TPSA) is 85.4 Å². The number of ether oxygens (including phenoxy) is 3. The van der Waals surface area contributed by atoms with E-state index < -0.39 is 23.9 Å². The van der Waals surface area contributed by atoms with Crippen molar-refractivity contribution in [1.29, 1.82) is 0 Å². The summed E-state index contributed by atoms with van der Waals surface area (Å²) >= 11 is 6.05. The summed E-state index contributed by atoms with van der Waals surface area (Å²) in [5, 5.41) is 0.517. The Morgan fingerprint density at radius 1 is 0.714 bits per heavy atom. The Balaban J connectivity index is 1.65. The predicted molar refractivity (Wildman–Crippen MR) is 129 cm³/mol. The molecule has 2 atom stereocenters. The second-order valence-electron chi connectivity index (χ2n) is 8.06. The molecule has 0 N–H and O–H groups in total. The van der Waals surface area contributed by atoms with Crippen LogP contribution in [0.15, 0.2) is 60.7 Å². The molecule has 0 bridgehead atoms. The highest BCUT2D eigenvalue weighted by Crippen LogP contribution is 2.48. The number of hydrogen-bond acceptors (Lipinski definition) is 6. The number of rotatable bonds is 6. The third-order valence-electron chi connectivity index (χ3n) is 6.30. The molecule has 178 valence electrons. The minimum Gasteiger partial charge on any atom is -0.493 e. The molecule has 0 radical (unpaired) electrons. The molecule has 0 spiro atoms. The Morgan fingerprint density at radius 2 is 1.26 bits per heavy atom. The normalized spacial score (nSPS) is 18.9. The zero-order valence-corrected chi connectivity index (χ0v) is 19.9. The van der Waals surface area contributed by atoms with E-state index in [2.05, 4.69) is 0 Å². The van der Waals surface area contributed by atoms with E-state index in [-0.39, 0.29) is 17.0 Å². The van der Waals surface area contributed by atoms with E-state index in [4.69, 9.17) is 25.8 Å². The van der Waals surface area contributed by atoms with Gasteiger partial charge in [-0.3, -0.25) is 19.3 Å². The Labute approximate surface area is 206 Å². The monoisotopic (exact) mass is 492 g/mol. The summed E-state index contributed by atoms with van der Waals surface area (Å²) in [4.78, 5) is 42.6. The average Bonchev–Trinajstić information content (AvgIpc) is 3.12. The molecule has 0 saturated carbocycles. The third kappa shape index (κ3) is 3.40. The first-order valence-electron chi connectivity index (χ1n) is 10.8. The third-order valence-corrected chi connectivity index (χ3v) is 6.56. The first-order chi connectivity index (χ1) is 16.9. The number of imide groups is 1. The van der Waals surface area contributed by atoms with Gasteiger partial charge in [-0.2, -0.15) is 0 Å². The fraction of sp³-hybridized carbons (Fsp3) is 0.192. The van der Waals surface area contributed by atoms with E-state index in [9.17, 15) is 14.4 Å². The number of benzene rings is 3. The Morgan fingerprint density at radius 3 is 1.74 bits per heavy atom. The van der Waals surface area contributed by atoms with Gasteiger partial charge in [0.25, 0.3) is 17.7 Å². The molecule has 5 rings (SSSR count). The predicted octanol–water partition coefficient (Wildman–Crippen LogP) is 4.12. The fourth-order valence-electron chi connectivity index (χ4n) is 4.68. The second kappa shape index (κ2) is 8.63. The van der Waals surface area contributed by atoms with Crippen molar-refractivity contribution in [3.05, 3.63) is 82.4 Å². The van der Waals surface area contributed by atoms with Crippen molar-refractivity contribution in [2.24, 2.45) is 0 Å². The van der Waals surface area contributed by atoms with Crippen LogP contribution in [0.5, 0.6) is 17.2 Å². The van der Waals surface area contributed by atoms with Gasteiger partial charge in [0.1, 0.15) is 6.04 Å². The standard InChI is InChI=1S/C26H21ClN2O6/c1-33-19-12-14(13-20(34-2)23(19)35-3)21-22(26(32)28(21)16-10-8-15(27)9-11-16)29-24(30)17-6-4-5-7-18(17)25(29)31/h4-13,21-22H,1-3H3/t21-,22+/m1/s1. The van der Waals surface area contributed by atoms with Gasteiger partial charge in [0, 0.05) is 10.7 Å². The SMILES string of the molecule is COc1cc([C@@H]2[C@H](N3C(=O)c4ccccc4C3=O)C(=O)N2c2ccc(Cl)cc2)cc(OC)c1OC. The summed E-state index contributed by atoms with van der Waals surface area (Å²) in [6, 6.07) is 15.0. The van der Waals surface area contributed by atoms with Gasteiger partial charge in [-0.15, -0.1) is 0 Å². The van der Waals surface area contributed by atoms with Crippen LogP contribution < -0.4 is 19.1 Å². The van der Waals surface area contributed by atoms with Crippen molar-refractivity contribution in [2.45, 2.75) is 12.1 Å². The van der Waals surface area contributed by atoms with Crippen LogP contribution in [0, 0.1) is 0 Å². The highest BCUT2D eigenvalue weighted by atomic mass is 35.5. The number of carbonyl (C=O) groups is 3. The zero-order valence-electron chi connectivity index (χ0n) is 19.2. The van der Waals surface area contributed by atoms with Crippen molar-refractivity contribution in [2.75, 3.05) is 26.2 Å². The lowest BCUT2D eigenvalue weighted by atomic mass is 9.86. The lowest BCUT2D eigenvalue weighted by molar-refractivity contribution is -0.130. The van der Waals surface area contributed by atoms with Crippen molar-refractivity contribution >= 4 is 35.0 Å². The molecule has 2 heterocycles. The highest BCUT2D eigenvalue weighted by Gasteiger charge is 2.57. The molecule has 3 amide bonds. The van der Waals surface area contributed by atoms with Gasteiger partial charge in [0.2, 0.25) is 5.75 Å². The zero-order chi connectivity index (χ0) is 24.9. The lowest BCUT2D eigenvalue weighted by Crippen LogP contribution is -2.67. The Bertz CT molecular complexity index is 1300. The summed E-state index contributed by atoms with van der Waals surface area (Å²) in [6.07, 6.45) is 0. The summed E-state index contributed by atoms with van der Waals surface area (Å²) in [5.74, 6) is -0.230. The minimum absolute atomic E-state index is 0.277. The van der Waals surface area contributed by atoms with Gasteiger partial charge in [-0.05, 0) is 54.1 Å². The number of halogens is 1. The number of carbonyl (C=O) groups excluding carboxylic acids is 3. The average molecular weight is 493 g/mol. The molecule has 2 aliphatic heterocycles. The quantitative estimate of drug-likeness (QED) is 0.380. The maximum Gasteiger partial charge on any atom is 0.262 e. The van der Waals surface area contributed by atoms with Gasteiger partial charge < -0.3 is 19.1 Å². The second-order valence-corrected chi connectivity index (χ2v) is 8.50. The van der Waals surface area contributed by atoms with Gasteiger partial charge in [-0.25, -0.2) is 0 Å². The molecular formula is C26H21ClN2O6. The van der Waals surface area contributed by atoms with Crippen LogP contribution in [0.3, 0.4) is 0 Å². The molecule has 3 aromatic rings. The van der Waals surface area contributed by atoms with E-state index in [1.807, 2.05) is 0 Å². The molecule has 1 saturated heterocycles. The van der Waals surface area contributed by atoms with E-state index in [1.54, 1.807) is 60.7 Å². The summed E-state index contributed by atoms with van der Waals surface area (Å²) in [7, 11) is 4.48. The molecule has 0 aromatic heterocycles. The molecule has 8 nitrogen and oxygen atoms in total. The highest BCUT2D eigenvalue weighted by molar-refractivity contribution is 6.30. The van der Waals surface area contributed by atoms with Gasteiger partial charge in [0.05, 0.1) is 38.5 Å². The van der Waals surface area contributed by atoms with Gasteiger partial charge in [-0.1, -0.05) is 23.7 Å². The molecule has 1 fully saturated rings. The first-order valence-corrected chi connectivity index (χ1v) is 11.1. The molecule has 2 aliphatic rings. The number of amides is 3. The number of β-lactam (4-membered cyclic amide) rings is 1. The van der Waals surface area contributed by atoms with E-state index in [0.29, 0.717) is 33.5 Å². The fourth-order valence-corrected chi connectivity index (χ4v) is 4.80. The molecule has 0 aliphatic carbocycles. The van der Waals surface area contributed by atoms with Crippen molar-refractivity contribution in [1.82, 2.24) is 4.90 Å². The van der Waals surface area contributed by atoms with Crippen LogP contribution in [0.2, 0.25) is 5.02 Å². The number of fused-ring (bicyclic) bond motifs is 1. The molecular weight excluding hydrogens is 472 g/mol. The molecule has 3 aromatic carbocycles. The van der Waals surface area contributed by atoms with Crippen LogP contribution in [0.25, 0.3) is 0 Å². The van der Waals surface area contributed by atoms with Crippen LogP contribution >= 0.6 is 11.6 Å². The van der Waals surface area contributed by atoms with Gasteiger partial charge >= 0.3 is 0 Å². The Kier molecular flexibility index (Phi) is 5.61. The van der Waals surface area contributed by atoms with Crippen LogP contribution in [-0.4, -0.2) is 50.0 Å². The van der Waals surface area contributed by atoms with E-state index in [0.717, 1.165) is 4.90 Å². The largest absolute Gasteiger partial charge is 0.493 e. The number of nitrogens with zero attached hydrogens (tertiary/aromatic N) is 2. The molecule has 35 heavy (non-hydrogen) atoms. The summed E-state index contributed by atoms with van der Waals surface area (Å²) < 4.78 is 16.4. The van der Waals surface area contributed by atoms with E-state index >= 15 is 0 Å². The number of anilines is 1. The van der Waals surface area contributed by atoms with Crippen LogP contribution in [-0.2, 0) is 4.79 Å². The van der Waals surface area contributed by atoms with Gasteiger partial charge in [0.15, 0.2) is 11.5 Å². The maximum atomic E-state index is 13.6. The van der Waals surface area contributed by atoms with E-state index in [1.165, 1.54) is 26.2 Å². The van der Waals surface area contributed by atoms with Crippen molar-refractivity contribution < 1.29 is 28.6 Å². The molecule has 0 unspecified atom stereocenters. The first kappa shape index (κ1) is 22.7. The lowest BCUT2D eigenvalue weighted by Gasteiger charge is -2.49. The van der Waals surface area contributed by atoms with Crippen LogP contribution in [0.1, 0.15) is 32.3 Å². The summed E-state index contributed by atoms with van der Waals surface area (Å²) in [6.45, 7) is 0. The number of methoxy groups -OCH3 is 3. The van der Waals surface area contributed by atoms with Crippen molar-refractivity contribution in [3.63, 3.8) is 0 Å². The van der Waals surface area contributed by atoms with Crippen LogP contribution in [0.4, 0.5) is 5.69 Å². The maximum absolute atomic E-state index is 13.6. The minimum atomic E-state index is -1.05. The smallest absolute Gasteiger partial charge is 0.262 e.